The van der Waals surface area contributed by atoms with Crippen LogP contribution in [0.3, 0.4) is 0 Å². The fraction of sp³-hybridized carbons (Fsp3) is 0.929. The molecule has 0 rings (SSSR count). The number of carbonyl (C=O) groups excluding carboxylic acids is 1. The molecular weight excluding hydrogens is 303 g/mol. The Hall–Kier alpha value is 0.469. The van der Waals surface area contributed by atoms with E-state index < -0.39 is 19.8 Å². The third kappa shape index (κ3) is 6.26. The molecule has 0 N–H and O–H groups in total. The monoisotopic (exact) mass is 333 g/mol. The van der Waals surface area contributed by atoms with Crippen molar-refractivity contribution in [3.63, 3.8) is 0 Å². The van der Waals surface area contributed by atoms with Gasteiger partial charge in [0.1, 0.15) is 0 Å². The van der Waals surface area contributed by atoms with Crippen LogP contribution in [0.5, 0.6) is 0 Å². The molecule has 0 bridgehead atoms. The third-order valence-corrected chi connectivity index (χ3v) is 12.0. The van der Waals surface area contributed by atoms with Crippen molar-refractivity contribution in [1.82, 2.24) is 0 Å². The Labute approximate surface area is 109 Å². The van der Waals surface area contributed by atoms with Gasteiger partial charge in [0, 0.05) is 0 Å². The van der Waals surface area contributed by atoms with Crippen LogP contribution < -0.4 is 0 Å². The van der Waals surface area contributed by atoms with Crippen LogP contribution in [0.25, 0.3) is 0 Å². The van der Waals surface area contributed by atoms with Crippen LogP contribution in [0.2, 0.25) is 8.87 Å². The van der Waals surface area contributed by atoms with Crippen molar-refractivity contribution in [2.45, 2.75) is 75.1 Å². The van der Waals surface area contributed by atoms with Crippen molar-refractivity contribution in [3.8, 4) is 0 Å². The summed E-state index contributed by atoms with van der Waals surface area (Å²) in [6.07, 6.45) is 7.24. The van der Waals surface area contributed by atoms with Gasteiger partial charge >= 0.3 is 109 Å². The van der Waals surface area contributed by atoms with E-state index in [1.807, 2.05) is 0 Å². The molecule has 0 aromatic carbocycles. The molecule has 0 amide bonds. The summed E-state index contributed by atoms with van der Waals surface area (Å²) < 4.78 is 3.37. The molecule has 0 fully saturated rings. The molecule has 0 atom stereocenters. The maximum absolute atomic E-state index is 12.4. The molecule has 16 heavy (non-hydrogen) atoms. The molecule has 0 aliphatic carbocycles. The molecule has 0 aliphatic heterocycles. The quantitative estimate of drug-likeness (QED) is 0.533. The zero-order chi connectivity index (χ0) is 12.4. The van der Waals surface area contributed by atoms with E-state index in [4.69, 9.17) is 0 Å². The van der Waals surface area contributed by atoms with Crippen LogP contribution in [0, 0.1) is 5.92 Å². The van der Waals surface area contributed by atoms with Crippen molar-refractivity contribution in [2.24, 2.45) is 5.92 Å². The molecule has 0 spiro atoms. The average Bonchev–Trinajstić information content (AvgIpc) is 2.30. The van der Waals surface area contributed by atoms with Gasteiger partial charge in [0.05, 0.1) is 0 Å². The van der Waals surface area contributed by atoms with Crippen LogP contribution in [-0.4, -0.2) is 23.6 Å². The average molecular weight is 332 g/mol. The first-order valence-corrected chi connectivity index (χ1v) is 12.6. The van der Waals surface area contributed by atoms with Crippen LogP contribution in [0.4, 0.5) is 0 Å². The number of hydrogen-bond acceptors (Lipinski definition) is 1. The zero-order valence-corrected chi connectivity index (χ0v) is 14.5. The van der Waals surface area contributed by atoms with Gasteiger partial charge in [-0.05, 0) is 0 Å². The third-order valence-electron chi connectivity index (χ3n) is 3.37. The SMILES string of the molecule is CCC[CH2][Sn+]([CH2]CCC)[C](=O)C(CC)CC. The van der Waals surface area contributed by atoms with E-state index >= 15 is 0 Å². The Morgan fingerprint density at radius 2 is 1.38 bits per heavy atom. The zero-order valence-electron chi connectivity index (χ0n) is 11.6. The summed E-state index contributed by atoms with van der Waals surface area (Å²) in [5.74, 6) is 0.406. The van der Waals surface area contributed by atoms with Gasteiger partial charge in [0.15, 0.2) is 0 Å². The maximum atomic E-state index is 12.4. The summed E-state index contributed by atoms with van der Waals surface area (Å²) in [5.41, 5.74) is 0. The van der Waals surface area contributed by atoms with Gasteiger partial charge in [-0.3, -0.25) is 0 Å². The summed E-state index contributed by atoms with van der Waals surface area (Å²) in [6.45, 7) is 8.82. The standard InChI is InChI=1S/C6H11O.2C4H9.Sn/c1-3-6(4-2)5-7;2*1-3-4-2;/h6H,3-4H2,1-2H3;2*1,3-4H2,2H3;/q;;;+1. The van der Waals surface area contributed by atoms with Crippen molar-refractivity contribution >= 4 is 23.6 Å². The van der Waals surface area contributed by atoms with Crippen molar-refractivity contribution in [2.75, 3.05) is 0 Å². The van der Waals surface area contributed by atoms with Crippen LogP contribution in [0.15, 0.2) is 0 Å². The fourth-order valence-electron chi connectivity index (χ4n) is 2.10. The van der Waals surface area contributed by atoms with E-state index in [2.05, 4.69) is 27.7 Å². The molecule has 0 aromatic rings. The number of rotatable bonds is 10. The minimum absolute atomic E-state index is 0.406. The second-order valence-corrected chi connectivity index (χ2v) is 12.4. The summed E-state index contributed by atoms with van der Waals surface area (Å²) in [5, 5.41) is 0. The molecule has 0 aromatic heterocycles. The summed E-state index contributed by atoms with van der Waals surface area (Å²) in [7, 11) is 0. The van der Waals surface area contributed by atoms with Gasteiger partial charge in [-0.25, -0.2) is 0 Å². The second kappa shape index (κ2) is 10.6. The van der Waals surface area contributed by atoms with Crippen molar-refractivity contribution < 1.29 is 4.79 Å². The molecule has 0 heterocycles. The van der Waals surface area contributed by atoms with E-state index in [9.17, 15) is 4.79 Å². The van der Waals surface area contributed by atoms with Gasteiger partial charge in [-0.15, -0.1) is 0 Å². The van der Waals surface area contributed by atoms with Crippen LogP contribution in [-0.2, 0) is 4.79 Å². The van der Waals surface area contributed by atoms with Gasteiger partial charge in [-0.1, -0.05) is 0 Å². The minimum atomic E-state index is -1.70. The molecule has 0 unspecified atom stereocenters. The topological polar surface area (TPSA) is 17.1 Å². The molecule has 0 aliphatic rings. The van der Waals surface area contributed by atoms with Crippen molar-refractivity contribution in [1.29, 1.82) is 0 Å². The van der Waals surface area contributed by atoms with Gasteiger partial charge in [-0.2, -0.15) is 0 Å². The summed E-state index contributed by atoms with van der Waals surface area (Å²) in [4.78, 5) is 12.4. The Morgan fingerprint density at radius 1 is 0.938 bits per heavy atom. The Morgan fingerprint density at radius 3 is 1.69 bits per heavy atom. The molecular formula is C14H29OSn+. The van der Waals surface area contributed by atoms with Crippen LogP contribution in [0.1, 0.15) is 66.2 Å². The first kappa shape index (κ1) is 16.5. The van der Waals surface area contributed by atoms with Crippen molar-refractivity contribution in [3.05, 3.63) is 0 Å². The van der Waals surface area contributed by atoms with E-state index in [0.717, 1.165) is 16.6 Å². The molecule has 0 saturated heterocycles. The number of unbranched alkanes of at least 4 members (excludes halogenated alkanes) is 2. The molecule has 2 heteroatoms. The van der Waals surface area contributed by atoms with Gasteiger partial charge in [0.25, 0.3) is 0 Å². The predicted molar refractivity (Wildman–Crippen MR) is 74.3 cm³/mol. The molecule has 94 valence electrons. The van der Waals surface area contributed by atoms with E-state index in [-0.39, 0.29) is 0 Å². The molecule has 0 saturated carbocycles. The van der Waals surface area contributed by atoms with E-state index in [0.29, 0.717) is 5.92 Å². The number of hydrogen-bond donors (Lipinski definition) is 0. The first-order valence-electron chi connectivity index (χ1n) is 7.09. The predicted octanol–water partition coefficient (Wildman–Crippen LogP) is 4.63. The normalized spacial score (nSPS) is 10.8. The first-order chi connectivity index (χ1) is 7.71. The second-order valence-electron chi connectivity index (χ2n) is 4.69. The van der Waals surface area contributed by atoms with Gasteiger partial charge in [0.2, 0.25) is 0 Å². The Bertz CT molecular complexity index is 168. The fourth-order valence-corrected chi connectivity index (χ4v) is 11.5. The number of carbonyl (C=O) groups is 1. The van der Waals surface area contributed by atoms with Gasteiger partial charge < -0.3 is 0 Å². The van der Waals surface area contributed by atoms with Crippen LogP contribution >= 0.6 is 0 Å². The molecule has 0 radical (unpaired) electrons. The Kier molecular flexibility index (Phi) is 10.9. The summed E-state index contributed by atoms with van der Waals surface area (Å²) in [6, 6.07) is 0. The Balaban J connectivity index is 4.28. The van der Waals surface area contributed by atoms with E-state index in [1.165, 1.54) is 34.6 Å². The van der Waals surface area contributed by atoms with E-state index in [1.54, 1.807) is 0 Å². The molecule has 1 nitrogen and oxygen atoms in total. The summed E-state index contributed by atoms with van der Waals surface area (Å²) >= 11 is -1.70.